The van der Waals surface area contributed by atoms with Gasteiger partial charge < -0.3 is 4.90 Å². The number of halogens is 9. The van der Waals surface area contributed by atoms with Gasteiger partial charge in [-0.2, -0.15) is 0 Å². The van der Waals surface area contributed by atoms with Crippen LogP contribution in [0.15, 0.2) is 194 Å². The van der Waals surface area contributed by atoms with E-state index in [-0.39, 0.29) is 40.6 Å². The van der Waals surface area contributed by atoms with Crippen molar-refractivity contribution in [2.24, 2.45) is 0 Å². The van der Waals surface area contributed by atoms with Crippen LogP contribution in [0.1, 0.15) is 131 Å². The predicted octanol–water partition coefficient (Wildman–Crippen LogP) is 20.8. The molecule has 0 bridgehead atoms. The molecular weight excluding hydrogens is 1290 g/mol. The largest absolute Gasteiger partial charge is 0.304 e. The maximum atomic E-state index is 15.6. The first-order valence-corrected chi connectivity index (χ1v) is 38.1. The minimum Gasteiger partial charge on any atom is -0.304 e. The van der Waals surface area contributed by atoms with Gasteiger partial charge in [-0.15, -0.1) is 0 Å². The molecule has 456 valence electrons. The lowest BCUT2D eigenvalue weighted by atomic mass is 10.0. The molecule has 8 aromatic carbocycles. The van der Waals surface area contributed by atoms with Crippen molar-refractivity contribution in [1.29, 1.82) is 0 Å². The van der Waals surface area contributed by atoms with E-state index >= 15 is 8.78 Å². The van der Waals surface area contributed by atoms with Gasteiger partial charge in [-0.05, 0) is 174 Å². The molecule has 2 aliphatic heterocycles. The van der Waals surface area contributed by atoms with Gasteiger partial charge in [0.2, 0.25) is 0 Å². The monoisotopic (exact) mass is 1360 g/mol. The molecule has 0 aromatic heterocycles. The van der Waals surface area contributed by atoms with Crippen molar-refractivity contribution < 1.29 is 35.1 Å². The Morgan fingerprint density at radius 3 is 1.03 bits per heavy atom. The second-order valence-electron chi connectivity index (χ2n) is 21.0. The summed E-state index contributed by atoms with van der Waals surface area (Å²) in [4.78, 5) is 2.38. The van der Waals surface area contributed by atoms with E-state index in [9.17, 15) is 26.3 Å². The van der Waals surface area contributed by atoms with Crippen LogP contribution in [0.3, 0.4) is 0 Å². The molecule has 0 saturated carbocycles. The third kappa shape index (κ3) is 19.0. The van der Waals surface area contributed by atoms with Crippen molar-refractivity contribution in [3.63, 3.8) is 0 Å². The fourth-order valence-corrected chi connectivity index (χ4v) is 25.0. The maximum absolute atomic E-state index is 15.6. The summed E-state index contributed by atoms with van der Waals surface area (Å²) in [5.41, 5.74) is 5.94. The number of benzene rings is 8. The Bertz CT molecular complexity index is 3080. The fourth-order valence-electron chi connectivity index (χ4n) is 10.9. The summed E-state index contributed by atoms with van der Waals surface area (Å²) in [6, 6.07) is 56.4. The second-order valence-corrected chi connectivity index (χ2v) is 32.6. The highest BCUT2D eigenvalue weighted by Gasteiger charge is 2.45. The minimum absolute atomic E-state index is 0.186. The topological polar surface area (TPSA) is 18.5 Å². The molecule has 0 amide bonds. The summed E-state index contributed by atoms with van der Waals surface area (Å²) in [5, 5.41) is 4.91. The van der Waals surface area contributed by atoms with Crippen molar-refractivity contribution in [2.75, 3.05) is 32.7 Å². The van der Waals surface area contributed by atoms with Gasteiger partial charge in [0.1, 0.15) is 46.5 Å². The highest BCUT2D eigenvalue weighted by Crippen LogP contribution is 2.76. The molecule has 16 heteroatoms. The lowest BCUT2D eigenvalue weighted by Gasteiger charge is -2.42. The van der Waals surface area contributed by atoms with Crippen molar-refractivity contribution in [3.05, 3.63) is 263 Å². The molecule has 2 fully saturated rings. The molecule has 4 atom stereocenters. The minimum atomic E-state index is -1.76. The van der Waals surface area contributed by atoms with Crippen LogP contribution in [0.5, 0.6) is 0 Å². The number of unbranched alkanes of at least 4 members (excludes halogenated alkanes) is 2. The molecule has 0 aliphatic carbocycles. The van der Waals surface area contributed by atoms with Gasteiger partial charge in [0.05, 0.1) is 0 Å². The van der Waals surface area contributed by atoms with E-state index in [0.717, 1.165) is 68.6 Å². The molecule has 0 unspecified atom stereocenters. The third-order valence-corrected chi connectivity index (χ3v) is 29.7. The van der Waals surface area contributed by atoms with Crippen LogP contribution < -0.4 is 26.3 Å². The first-order valence-electron chi connectivity index (χ1n) is 29.8. The smallest absolute Gasteiger partial charge is 0.135 e. The molecule has 8 aromatic rings. The molecule has 86 heavy (non-hydrogen) atoms. The van der Waals surface area contributed by atoms with Crippen LogP contribution in [0.25, 0.3) is 0 Å². The van der Waals surface area contributed by atoms with Crippen LogP contribution in [-0.4, -0.2) is 42.1 Å². The second kappa shape index (κ2) is 35.7. The van der Waals surface area contributed by atoms with Gasteiger partial charge >= 0.3 is 0 Å². The Hall–Kier alpha value is -4.47. The molecular formula is C70H78F8IN3P4. The van der Waals surface area contributed by atoms with Crippen LogP contribution in [0, 0.1) is 46.5 Å². The van der Waals surface area contributed by atoms with E-state index in [4.69, 9.17) is 0 Å². The van der Waals surface area contributed by atoms with E-state index in [1.54, 1.807) is 0 Å². The summed E-state index contributed by atoms with van der Waals surface area (Å²) in [6.07, 6.45) is 8.84. The zero-order valence-electron chi connectivity index (χ0n) is 49.6. The average Bonchev–Trinajstić information content (AvgIpc) is 1.61. The molecule has 2 heterocycles. The molecule has 2 aliphatic rings. The fraction of sp³-hybridized carbons (Fsp3) is 0.314. The number of nitrogens with zero attached hydrogens (tertiary/aromatic N) is 2. The van der Waals surface area contributed by atoms with Gasteiger partial charge in [-0.1, -0.05) is 169 Å². The van der Waals surface area contributed by atoms with Crippen molar-refractivity contribution in [3.8, 4) is 0 Å². The Balaban J connectivity index is 0.000000189. The predicted molar refractivity (Wildman–Crippen MR) is 359 cm³/mol. The zero-order valence-corrected chi connectivity index (χ0v) is 55.3. The number of hydrogen-bond acceptors (Lipinski definition) is 3. The van der Waals surface area contributed by atoms with Crippen LogP contribution >= 0.6 is 51.8 Å². The van der Waals surface area contributed by atoms with E-state index in [1.165, 1.54) is 104 Å². The summed E-state index contributed by atoms with van der Waals surface area (Å²) in [5.74, 6) is -5.57. The van der Waals surface area contributed by atoms with Crippen LogP contribution in [0.4, 0.5) is 35.1 Å². The molecule has 3 nitrogen and oxygen atoms in total. The Labute approximate surface area is 523 Å². The Morgan fingerprint density at radius 1 is 0.419 bits per heavy atom. The zero-order chi connectivity index (χ0) is 61.5. The summed E-state index contributed by atoms with van der Waals surface area (Å²) >= 11 is 1.89. The molecule has 1 N–H and O–H groups in total. The van der Waals surface area contributed by atoms with E-state index < -0.39 is 68.2 Å². The van der Waals surface area contributed by atoms with Crippen LogP contribution in [-0.2, 0) is 0 Å². The average molecular weight is 1360 g/mol. The number of nitrogens with one attached hydrogen (secondary N) is 1. The SMILES string of the molecule is CCCCN(P(c1ccc(F)cc1F)c1ccc(F)cc1F)P1[C@@H](c2ccccc2)CC[C@@H]1c1ccccc1.CCCCNP1[C@H](c2ccccc2)CC[C@H]1c1ccccc1.CCN(CC)CC.Fc1ccc(P(I)c2ccc(F)cc2F)c(F)c1. The first kappa shape index (κ1) is 69.0. The molecule has 10 rings (SSSR count). The number of rotatable bonds is 20. The quantitative estimate of drug-likeness (QED) is 0.0355. The highest BCUT2D eigenvalue weighted by molar-refractivity contribution is 14.2. The van der Waals surface area contributed by atoms with E-state index in [2.05, 4.69) is 134 Å². The van der Waals surface area contributed by atoms with Gasteiger partial charge in [0.25, 0.3) is 0 Å². The Kier molecular flexibility index (Phi) is 28.6. The first-order chi connectivity index (χ1) is 41.7. The van der Waals surface area contributed by atoms with Crippen LogP contribution in [0.2, 0.25) is 0 Å². The van der Waals surface area contributed by atoms with Crippen molar-refractivity contribution >= 4 is 73.0 Å². The summed E-state index contributed by atoms with van der Waals surface area (Å²) < 4.78 is 114. The van der Waals surface area contributed by atoms with Gasteiger partial charge in [-0.25, -0.2) is 35.1 Å². The molecule has 0 spiro atoms. The summed E-state index contributed by atoms with van der Waals surface area (Å²) in [6.45, 7) is 16.3. The lowest BCUT2D eigenvalue weighted by Crippen LogP contribution is -2.30. The van der Waals surface area contributed by atoms with E-state index in [0.29, 0.717) is 17.9 Å². The summed E-state index contributed by atoms with van der Waals surface area (Å²) in [7, 11) is -2.93. The normalized spacial score (nSPS) is 16.9. The van der Waals surface area contributed by atoms with E-state index in [1.807, 2.05) is 58.4 Å². The maximum Gasteiger partial charge on any atom is 0.135 e. The van der Waals surface area contributed by atoms with Crippen molar-refractivity contribution in [1.82, 2.24) is 14.4 Å². The molecule has 0 radical (unpaired) electrons. The third-order valence-electron chi connectivity index (χ3n) is 15.4. The number of hydrogen-bond donors (Lipinski definition) is 1. The van der Waals surface area contributed by atoms with Gasteiger partial charge in [0, 0.05) is 88.3 Å². The Morgan fingerprint density at radius 2 is 0.733 bits per heavy atom. The van der Waals surface area contributed by atoms with Gasteiger partial charge in [-0.3, -0.25) is 9.53 Å². The standard InChI is InChI=1S/C32H31F4NP2.C20H26NP.C12H6F4IP.C6H15N/c1-2-3-20-37(39(31-16-14-25(33)21-27(31)35)32-17-15-26(34)22-28(32)36)38-29(23-10-6-4-7-11-23)18-19-30(38)24-12-8-5-9-13-24;1-2-3-16-21-22-19(17-10-6-4-7-11-17)14-15-20(22)18-12-8-5-9-13-18;13-7-1-3-11(9(15)5-7)18(17)12-4-2-8(14)6-10(12)16;1-4-7(5-2)6-3/h4-17,21-22,29-30H,2-3,18-20H2,1H3;4-13,19-21H,2-3,14-16H2,1H3;1-6H;4-6H2,1-3H3/t29-,30-;19-,20-;;/m10../s1. The van der Waals surface area contributed by atoms with Crippen molar-refractivity contribution in [2.45, 2.75) is 109 Å². The van der Waals surface area contributed by atoms with Gasteiger partial charge in [0.15, 0.2) is 0 Å². The lowest BCUT2D eigenvalue weighted by molar-refractivity contribution is 0.321. The molecule has 2 saturated heterocycles. The highest BCUT2D eigenvalue weighted by atomic mass is 127.